The van der Waals surface area contributed by atoms with Gasteiger partial charge in [-0.3, -0.25) is 29.2 Å². The summed E-state index contributed by atoms with van der Waals surface area (Å²) < 4.78 is 48.1. The maximum Gasteiger partial charge on any atom is 0.341 e. The standard InChI is InChI=1S/C56H64FN5O15/c1-24-12-11-13-25(2)53(70)58-41-40-39(59-56(60-40)17-19-61(20-18-56)43-34(57)22-32-42(51(43)74-10)62(31-14-15-31)23-33(47(32)67)54(71)72)36-37(48(41)68)46(66)29(6)50-38(36)52(69)55(8,77-50)75-21-16-35(73-9)26(3)49(76-30(7)63)28(5)45(65)27(4)44(24)64/h11-13,16,21-24,26-28,31,35,44-45,49,64-66,68H,14-15,17-20H2,1-10H3,(H,58,70)(H,71,72)/b12-11+,21-16+,25-13-/t24-,26+,27+,28+,35-,44-,45+,49+,55-/m0/s1. The second kappa shape index (κ2) is 20.2. The number of ether oxygens (including phenoxy) is 5. The van der Waals surface area contributed by atoms with Gasteiger partial charge in [0.1, 0.15) is 39.9 Å². The third-order valence-corrected chi connectivity index (χ3v) is 16.1. The molecule has 3 aromatic carbocycles. The number of benzene rings is 3. The van der Waals surface area contributed by atoms with Gasteiger partial charge < -0.3 is 64.0 Å². The molecule has 20 nitrogen and oxygen atoms in total. The van der Waals surface area contributed by atoms with Crippen molar-refractivity contribution in [1.29, 1.82) is 0 Å². The number of carboxylic acid groups (broad SMARTS) is 1. The zero-order chi connectivity index (χ0) is 55.9. The van der Waals surface area contributed by atoms with Gasteiger partial charge in [0.15, 0.2) is 23.0 Å². The average Bonchev–Trinajstić information content (AvgIpc) is 4.26. The molecule has 1 spiro atoms. The van der Waals surface area contributed by atoms with Crippen LogP contribution in [-0.4, -0.2) is 117 Å². The first kappa shape index (κ1) is 54.4. The molecule has 5 aliphatic rings. The number of anilines is 2. The fourth-order valence-electron chi connectivity index (χ4n) is 11.4. The van der Waals surface area contributed by atoms with Crippen LogP contribution >= 0.6 is 0 Å². The number of ketones is 1. The molecule has 4 bridgehead atoms. The van der Waals surface area contributed by atoms with Crippen LogP contribution in [0, 0.1) is 36.4 Å². The molecule has 410 valence electrons. The van der Waals surface area contributed by atoms with Crippen molar-refractivity contribution in [3.8, 4) is 23.0 Å². The lowest BCUT2D eigenvalue weighted by atomic mass is 9.78. The molecule has 4 aliphatic heterocycles. The number of phenolic OH excluding ortho intramolecular Hbond substituents is 2. The molecule has 1 aliphatic carbocycles. The van der Waals surface area contributed by atoms with E-state index in [0.717, 1.165) is 6.07 Å². The number of halogens is 1. The third-order valence-electron chi connectivity index (χ3n) is 16.1. The lowest BCUT2D eigenvalue weighted by Crippen LogP contribution is -2.46. The molecule has 6 N–H and O–H groups in total. The van der Waals surface area contributed by atoms with Gasteiger partial charge >= 0.3 is 17.7 Å². The number of allylic oxidation sites excluding steroid dienone is 2. The van der Waals surface area contributed by atoms with Gasteiger partial charge in [0.25, 0.3) is 11.7 Å². The Labute approximate surface area is 441 Å². The minimum Gasteiger partial charge on any atom is -0.507 e. The van der Waals surface area contributed by atoms with Crippen LogP contribution in [0.4, 0.5) is 15.8 Å². The number of carbonyl (C=O) groups is 4. The Morgan fingerprint density at radius 3 is 2.22 bits per heavy atom. The predicted molar refractivity (Wildman–Crippen MR) is 279 cm³/mol. The number of amides is 1. The Hall–Kier alpha value is -7.36. The number of carbonyl (C=O) groups excluding carboxylic acids is 3. The third kappa shape index (κ3) is 9.24. The van der Waals surface area contributed by atoms with Gasteiger partial charge in [-0.05, 0) is 38.8 Å². The summed E-state index contributed by atoms with van der Waals surface area (Å²) in [7, 11) is 2.77. The van der Waals surface area contributed by atoms with E-state index in [1.807, 2.05) is 0 Å². The lowest BCUT2D eigenvalue weighted by molar-refractivity contribution is -0.160. The number of carboxylic acids is 1. The lowest BCUT2D eigenvalue weighted by Gasteiger charge is -2.38. The minimum absolute atomic E-state index is 0.0165. The number of esters is 1. The second-order valence-corrected chi connectivity index (χ2v) is 21.2. The number of aliphatic hydroxyl groups excluding tert-OH is 2. The van der Waals surface area contributed by atoms with E-state index >= 15 is 9.18 Å². The number of aromatic nitrogens is 1. The summed E-state index contributed by atoms with van der Waals surface area (Å²) in [5, 5.41) is 59.8. The first-order valence-electron chi connectivity index (χ1n) is 25.7. The van der Waals surface area contributed by atoms with Crippen molar-refractivity contribution in [2.45, 2.75) is 123 Å². The van der Waals surface area contributed by atoms with E-state index in [4.69, 9.17) is 33.7 Å². The van der Waals surface area contributed by atoms with E-state index < -0.39 is 111 Å². The van der Waals surface area contributed by atoms with Gasteiger partial charge in [-0.25, -0.2) is 9.18 Å². The Morgan fingerprint density at radius 1 is 0.922 bits per heavy atom. The molecule has 0 unspecified atom stereocenters. The molecular weight excluding hydrogens is 1000 g/mol. The number of aliphatic hydroxyl groups is 2. The maximum atomic E-state index is 16.5. The number of phenols is 2. The molecule has 9 atom stereocenters. The van der Waals surface area contributed by atoms with Crippen LogP contribution in [0.3, 0.4) is 0 Å². The number of hydrogen-bond acceptors (Lipinski definition) is 17. The number of pyridine rings is 1. The maximum absolute atomic E-state index is 16.5. The summed E-state index contributed by atoms with van der Waals surface area (Å²) in [6.07, 6.45) is 6.29. The van der Waals surface area contributed by atoms with Crippen LogP contribution in [-0.2, 0) is 23.8 Å². The molecule has 4 aromatic rings. The Kier molecular flexibility index (Phi) is 14.3. The number of hydrogen-bond donors (Lipinski definition) is 6. The summed E-state index contributed by atoms with van der Waals surface area (Å²) in [5.74, 6) is -10.2. The fraction of sp³-hybridized carbons (Fsp3) is 0.482. The molecule has 5 heterocycles. The molecule has 1 amide bonds. The molecule has 1 saturated carbocycles. The van der Waals surface area contributed by atoms with Crippen molar-refractivity contribution in [3.63, 3.8) is 0 Å². The summed E-state index contributed by atoms with van der Waals surface area (Å²) >= 11 is 0. The molecule has 9 rings (SSSR count). The summed E-state index contributed by atoms with van der Waals surface area (Å²) in [6, 6.07) is 0.910. The van der Waals surface area contributed by atoms with Crippen molar-refractivity contribution in [2.75, 3.05) is 37.5 Å². The Balaban J connectivity index is 1.17. The van der Waals surface area contributed by atoms with Gasteiger partial charge in [0.05, 0.1) is 58.9 Å². The fourth-order valence-corrected chi connectivity index (χ4v) is 11.4. The van der Waals surface area contributed by atoms with Crippen molar-refractivity contribution >= 4 is 56.7 Å². The van der Waals surface area contributed by atoms with Gasteiger partial charge in [-0.15, -0.1) is 0 Å². The predicted octanol–water partition coefficient (Wildman–Crippen LogP) is 5.79. The molecule has 77 heavy (non-hydrogen) atoms. The number of piperidine rings is 1. The number of nitrogens with one attached hydrogen (secondary N) is 1. The average molecular weight is 1070 g/mol. The number of nitrogens with zero attached hydrogens (tertiary/aromatic N) is 4. The molecule has 21 heteroatoms. The molecule has 2 fully saturated rings. The van der Waals surface area contributed by atoms with Crippen LogP contribution in [0.5, 0.6) is 23.0 Å². The van der Waals surface area contributed by atoms with E-state index in [9.17, 15) is 44.7 Å². The highest BCUT2D eigenvalue weighted by molar-refractivity contribution is 6.19. The molecule has 1 aromatic heterocycles. The van der Waals surface area contributed by atoms with Gasteiger partial charge in [-0.2, -0.15) is 0 Å². The smallest absolute Gasteiger partial charge is 0.341 e. The van der Waals surface area contributed by atoms with E-state index in [-0.39, 0.29) is 104 Å². The zero-order valence-corrected chi connectivity index (χ0v) is 44.5. The first-order chi connectivity index (χ1) is 36.4. The van der Waals surface area contributed by atoms with Crippen molar-refractivity contribution < 1.29 is 72.8 Å². The van der Waals surface area contributed by atoms with Gasteiger partial charge in [0.2, 0.25) is 5.43 Å². The molecule has 0 radical (unpaired) electrons. The molecule has 1 saturated heterocycles. The molecular formula is C56H64FN5O15. The highest BCUT2D eigenvalue weighted by atomic mass is 19.1. The summed E-state index contributed by atoms with van der Waals surface area (Å²) in [5.41, 5.74) is -2.51. The summed E-state index contributed by atoms with van der Waals surface area (Å²) in [6.45, 7) is 12.7. The highest BCUT2D eigenvalue weighted by Gasteiger charge is 2.50. The topological polar surface area (TPSA) is 278 Å². The zero-order valence-electron chi connectivity index (χ0n) is 44.5. The minimum atomic E-state index is -2.09. The second-order valence-electron chi connectivity index (χ2n) is 21.2. The number of Topliss-reactive ketones (excluding diaryl/α,β-unsaturated/α-hetero) is 1. The normalized spacial score (nSPS) is 28.9. The van der Waals surface area contributed by atoms with Gasteiger partial charge in [-0.1, -0.05) is 45.9 Å². The van der Waals surface area contributed by atoms with Crippen LogP contribution < -0.4 is 35.8 Å². The van der Waals surface area contributed by atoms with Crippen molar-refractivity contribution in [3.05, 3.63) is 91.8 Å². The summed E-state index contributed by atoms with van der Waals surface area (Å²) in [4.78, 5) is 79.3. The van der Waals surface area contributed by atoms with Crippen LogP contribution in [0.1, 0.15) is 106 Å². The van der Waals surface area contributed by atoms with Crippen LogP contribution in [0.2, 0.25) is 0 Å². The van der Waals surface area contributed by atoms with Crippen molar-refractivity contribution in [1.82, 2.24) is 4.57 Å². The monoisotopic (exact) mass is 1070 g/mol. The Morgan fingerprint density at radius 2 is 1.60 bits per heavy atom. The van der Waals surface area contributed by atoms with E-state index in [2.05, 4.69) is 5.32 Å². The van der Waals surface area contributed by atoms with Gasteiger partial charge in [0, 0.05) is 99.3 Å². The van der Waals surface area contributed by atoms with Crippen molar-refractivity contribution in [2.24, 2.45) is 33.7 Å². The van der Waals surface area contributed by atoms with E-state index in [1.54, 1.807) is 49.3 Å². The number of aromatic carboxylic acids is 1. The van der Waals surface area contributed by atoms with E-state index in [0.29, 0.717) is 12.8 Å². The van der Waals surface area contributed by atoms with Crippen LogP contribution in [0.15, 0.2) is 63.2 Å². The Bertz CT molecular complexity index is 3450. The number of methoxy groups -OCH3 is 2. The van der Waals surface area contributed by atoms with Crippen LogP contribution in [0.25, 0.3) is 21.7 Å². The first-order valence-corrected chi connectivity index (χ1v) is 25.7. The SMILES string of the molecule is COc1c(N2CCC3(CC2)N=c2c4c(O)c5c(O)c(C)c6c(c5c2=N3)C(=O)[C@@](C)(O/C=C/[C@H](OC)[C@@H](C)[C@@H](OC(C)=O)[C@H](C)[C@H](O)[C@H](C)[C@@H](O)[C@@H](C)/C=C/C=C(/C)C(=O)N4)O6)c(F)cc2c(=O)c(C(=O)O)cn(C3CC3)c12. The van der Waals surface area contributed by atoms with E-state index in [1.165, 1.54) is 66.5 Å². The number of aromatic hydroxyl groups is 2. The number of rotatable bonds is 6. The largest absolute Gasteiger partial charge is 0.507 e. The highest BCUT2D eigenvalue weighted by Crippen LogP contribution is 2.51. The quantitative estimate of drug-likeness (QED) is 0.0984. The number of fused-ring (bicyclic) bond motifs is 2.